The van der Waals surface area contributed by atoms with Gasteiger partial charge in [-0.15, -0.1) is 11.8 Å². The van der Waals surface area contributed by atoms with Gasteiger partial charge in [-0.25, -0.2) is 4.79 Å². The van der Waals surface area contributed by atoms with Crippen molar-refractivity contribution in [3.63, 3.8) is 0 Å². The highest BCUT2D eigenvalue weighted by Crippen LogP contribution is 2.68. The number of thioether (sulfide) groups is 1. The van der Waals surface area contributed by atoms with Gasteiger partial charge in [0, 0.05) is 21.1 Å². The van der Waals surface area contributed by atoms with E-state index < -0.39 is 17.8 Å². The van der Waals surface area contributed by atoms with Crippen LogP contribution >= 0.6 is 34.7 Å². The molecule has 3 fully saturated rings. The summed E-state index contributed by atoms with van der Waals surface area (Å²) < 4.78 is 17.0. The van der Waals surface area contributed by atoms with Crippen LogP contribution in [0.15, 0.2) is 76.6 Å². The van der Waals surface area contributed by atoms with Gasteiger partial charge in [0.05, 0.1) is 41.8 Å². The van der Waals surface area contributed by atoms with Gasteiger partial charge in [-0.1, -0.05) is 41.1 Å². The highest BCUT2D eigenvalue weighted by molar-refractivity contribution is 8.00. The molecule has 2 aliphatic heterocycles. The topological polar surface area (TPSA) is 115 Å². The molecule has 3 aromatic carbocycles. The van der Waals surface area contributed by atoms with Crippen LogP contribution in [0.25, 0.3) is 0 Å². The number of amides is 2. The average Bonchev–Trinajstić information content (AvgIpc) is 3.82. The second-order valence-electron chi connectivity index (χ2n) is 12.6. The quantitative estimate of drug-likeness (QED) is 0.163. The number of aromatic amines is 1. The second kappa shape index (κ2) is 12.1. The lowest BCUT2D eigenvalue weighted by Crippen LogP contribution is -2.42. The molecule has 4 aliphatic rings. The zero-order chi connectivity index (χ0) is 33.3. The number of methoxy groups -OCH3 is 1. The fourth-order valence-electron chi connectivity index (χ4n) is 8.39. The molecular weight excluding hydrogens is 672 g/mol. The summed E-state index contributed by atoms with van der Waals surface area (Å²) in [6.07, 6.45) is 0.776. The van der Waals surface area contributed by atoms with Gasteiger partial charge in [-0.2, -0.15) is 0 Å². The van der Waals surface area contributed by atoms with Gasteiger partial charge in [-0.3, -0.25) is 19.3 Å². The minimum atomic E-state index is -0.451. The number of esters is 1. The number of halogens is 1. The molecule has 246 valence electrons. The van der Waals surface area contributed by atoms with Crippen molar-refractivity contribution in [2.45, 2.75) is 36.1 Å². The van der Waals surface area contributed by atoms with Crippen LogP contribution in [0.3, 0.4) is 0 Å². The van der Waals surface area contributed by atoms with E-state index in [1.807, 2.05) is 42.5 Å². The SMILES string of the molecule is CCOC(=O)c1ccc(N2C(=O)[C@H]3[C@H]4C[C@@H]([C@@H]3C2=O)[C@H]2[C@H](c3ccc(OCc5cccc(Cl)c5)c(OC)c3)c3sc(=O)[nH]c3S[C@H]42)cc1. The van der Waals surface area contributed by atoms with Crippen LogP contribution in [0, 0.1) is 29.6 Å². The smallest absolute Gasteiger partial charge is 0.338 e. The Morgan fingerprint density at radius 2 is 1.75 bits per heavy atom. The number of ether oxygens (including phenoxy) is 3. The number of aromatic nitrogens is 1. The Hall–Kier alpha value is -4.06. The molecular formula is C36H31ClN2O7S2. The predicted molar refractivity (Wildman–Crippen MR) is 182 cm³/mol. The Morgan fingerprint density at radius 1 is 0.979 bits per heavy atom. The first kappa shape index (κ1) is 31.2. The molecule has 8 rings (SSSR count). The van der Waals surface area contributed by atoms with E-state index in [0.29, 0.717) is 34.4 Å². The van der Waals surface area contributed by atoms with Gasteiger partial charge < -0.3 is 19.2 Å². The van der Waals surface area contributed by atoms with Gasteiger partial charge in [0.25, 0.3) is 0 Å². The molecule has 0 unspecified atom stereocenters. The summed E-state index contributed by atoms with van der Waals surface area (Å²) in [5.74, 6) is -0.750. The molecule has 1 saturated heterocycles. The summed E-state index contributed by atoms with van der Waals surface area (Å²) >= 11 is 9.01. The minimum absolute atomic E-state index is 0.0171. The molecule has 12 heteroatoms. The molecule has 7 atom stereocenters. The number of hydrogen-bond acceptors (Lipinski definition) is 9. The summed E-state index contributed by atoms with van der Waals surface area (Å²) in [6.45, 7) is 2.31. The van der Waals surface area contributed by atoms with E-state index in [1.54, 1.807) is 50.1 Å². The monoisotopic (exact) mass is 702 g/mol. The first-order valence-electron chi connectivity index (χ1n) is 15.9. The number of thiazole rings is 1. The van der Waals surface area contributed by atoms with Crippen molar-refractivity contribution in [2.75, 3.05) is 18.6 Å². The molecule has 2 bridgehead atoms. The Kier molecular flexibility index (Phi) is 7.88. The van der Waals surface area contributed by atoms with E-state index in [-0.39, 0.29) is 52.2 Å². The van der Waals surface area contributed by atoms with Crippen LogP contribution in [0.4, 0.5) is 5.69 Å². The highest BCUT2D eigenvalue weighted by Gasteiger charge is 2.69. The van der Waals surface area contributed by atoms with Gasteiger partial charge in [0.1, 0.15) is 6.61 Å². The molecule has 2 aliphatic carbocycles. The van der Waals surface area contributed by atoms with Crippen molar-refractivity contribution in [1.82, 2.24) is 4.98 Å². The van der Waals surface area contributed by atoms with Crippen LogP contribution < -0.4 is 19.2 Å². The molecule has 0 spiro atoms. The van der Waals surface area contributed by atoms with Crippen molar-refractivity contribution in [3.8, 4) is 11.5 Å². The van der Waals surface area contributed by atoms with Crippen LogP contribution in [0.5, 0.6) is 11.5 Å². The number of fused-ring (bicyclic) bond motifs is 9. The molecule has 1 N–H and O–H groups in total. The third kappa shape index (κ3) is 4.97. The average molecular weight is 703 g/mol. The Balaban J connectivity index is 1.11. The fourth-order valence-corrected chi connectivity index (χ4v) is 11.5. The standard InChI is InChI=1S/C36H31ClN2O7S2/c1-3-45-35(42)18-7-10-21(11-8-18)39-33(40)28-22-15-23(29(28)34(39)41)30-27(22)26(31-32(47-30)38-36(43)48-31)19-9-12-24(25(14-19)44-2)46-16-17-5-4-6-20(37)13-17/h4-14,22-23,26-30H,3,15-16H2,1-2H3,(H,38,43)/t22-,23-,26+,27+,28+,29+,30-/m1/s1. The lowest BCUT2D eigenvalue weighted by Gasteiger charge is -2.43. The number of carbonyl (C=O) groups excluding carboxylic acids is 3. The second-order valence-corrected chi connectivity index (χ2v) is 15.2. The third-order valence-electron chi connectivity index (χ3n) is 10.2. The van der Waals surface area contributed by atoms with Gasteiger partial charge in [-0.05, 0) is 90.8 Å². The predicted octanol–water partition coefficient (Wildman–Crippen LogP) is 6.53. The van der Waals surface area contributed by atoms with Crippen molar-refractivity contribution in [3.05, 3.63) is 103 Å². The maximum atomic E-state index is 14.1. The fraction of sp³-hybridized carbons (Fsp3) is 0.333. The first-order chi connectivity index (χ1) is 23.3. The minimum Gasteiger partial charge on any atom is -0.493 e. The van der Waals surface area contributed by atoms with Crippen molar-refractivity contribution < 1.29 is 28.6 Å². The first-order valence-corrected chi connectivity index (χ1v) is 17.9. The third-order valence-corrected chi connectivity index (χ3v) is 13.0. The summed E-state index contributed by atoms with van der Waals surface area (Å²) in [5, 5.41) is 1.52. The molecule has 2 amide bonds. The molecule has 1 aromatic heterocycles. The largest absolute Gasteiger partial charge is 0.493 e. The zero-order valence-corrected chi connectivity index (χ0v) is 28.4. The maximum Gasteiger partial charge on any atom is 0.338 e. The summed E-state index contributed by atoms with van der Waals surface area (Å²) in [5.41, 5.74) is 2.72. The number of carbonyl (C=O) groups is 3. The maximum absolute atomic E-state index is 14.1. The van der Waals surface area contributed by atoms with Crippen LogP contribution in [0.1, 0.15) is 45.6 Å². The van der Waals surface area contributed by atoms with Crippen LogP contribution in [-0.4, -0.2) is 41.7 Å². The number of benzene rings is 3. The number of nitrogens with one attached hydrogen (secondary N) is 1. The van der Waals surface area contributed by atoms with Crippen molar-refractivity contribution >= 4 is 58.2 Å². The van der Waals surface area contributed by atoms with Gasteiger partial charge in [0.15, 0.2) is 11.5 Å². The Labute approximate surface area is 289 Å². The Morgan fingerprint density at radius 3 is 2.48 bits per heavy atom. The molecule has 0 radical (unpaired) electrons. The van der Waals surface area contributed by atoms with Gasteiger partial charge >= 0.3 is 10.8 Å². The lowest BCUT2D eigenvalue weighted by molar-refractivity contribution is -0.123. The van der Waals surface area contributed by atoms with Crippen molar-refractivity contribution in [2.24, 2.45) is 29.6 Å². The Bertz CT molecular complexity index is 2010. The van der Waals surface area contributed by atoms with E-state index >= 15 is 0 Å². The summed E-state index contributed by atoms with van der Waals surface area (Å²) in [6, 6.07) is 19.8. The van der Waals surface area contributed by atoms with E-state index in [9.17, 15) is 19.2 Å². The summed E-state index contributed by atoms with van der Waals surface area (Å²) in [4.78, 5) is 58.2. The van der Waals surface area contributed by atoms with E-state index in [0.717, 1.165) is 27.5 Å². The van der Waals surface area contributed by atoms with Crippen LogP contribution in [0.2, 0.25) is 5.02 Å². The lowest BCUT2D eigenvalue weighted by atomic mass is 9.68. The molecule has 48 heavy (non-hydrogen) atoms. The zero-order valence-electron chi connectivity index (χ0n) is 26.0. The van der Waals surface area contributed by atoms with Gasteiger partial charge in [0.2, 0.25) is 11.8 Å². The number of imide groups is 1. The number of H-pyrrole nitrogens is 1. The summed E-state index contributed by atoms with van der Waals surface area (Å²) in [7, 11) is 1.60. The molecule has 9 nitrogen and oxygen atoms in total. The highest BCUT2D eigenvalue weighted by atomic mass is 35.5. The van der Waals surface area contributed by atoms with E-state index in [4.69, 9.17) is 25.8 Å². The molecule has 3 heterocycles. The number of rotatable bonds is 8. The number of hydrogen-bond donors (Lipinski definition) is 1. The normalized spacial score (nSPS) is 26.6. The van der Waals surface area contributed by atoms with Crippen LogP contribution in [-0.2, 0) is 20.9 Å². The van der Waals surface area contributed by atoms with Crippen molar-refractivity contribution in [1.29, 1.82) is 0 Å². The van der Waals surface area contributed by atoms with E-state index in [2.05, 4.69) is 4.98 Å². The van der Waals surface area contributed by atoms with E-state index in [1.165, 1.54) is 16.2 Å². The molecule has 4 aromatic rings. The molecule has 2 saturated carbocycles. The number of anilines is 1. The number of nitrogens with zero attached hydrogens (tertiary/aromatic N) is 1.